The highest BCUT2D eigenvalue weighted by Crippen LogP contribution is 2.22. The van der Waals surface area contributed by atoms with E-state index in [1.54, 1.807) is 24.3 Å². The molecule has 0 bridgehead atoms. The number of carbonyl (C=O) groups is 2. The summed E-state index contributed by atoms with van der Waals surface area (Å²) in [4.78, 5) is 25.6. The molecule has 0 unspecified atom stereocenters. The fourth-order valence-electron chi connectivity index (χ4n) is 2.42. The lowest BCUT2D eigenvalue weighted by atomic mass is 10.1. The van der Waals surface area contributed by atoms with Crippen molar-refractivity contribution in [3.05, 3.63) is 65.2 Å². The van der Waals surface area contributed by atoms with E-state index in [4.69, 9.17) is 4.74 Å². The summed E-state index contributed by atoms with van der Waals surface area (Å²) in [7, 11) is 0. The van der Waals surface area contributed by atoms with Gasteiger partial charge in [-0.15, -0.1) is 0 Å². The fourth-order valence-corrected chi connectivity index (χ4v) is 2.76. The smallest absolute Gasteiger partial charge is 0.261 e. The minimum atomic E-state index is -0.251. The third-order valence-electron chi connectivity index (χ3n) is 3.51. The number of hydrogen-bond donors (Lipinski definition) is 0. The Bertz CT molecular complexity index is 694. The first-order valence-electron chi connectivity index (χ1n) is 6.93. The van der Waals surface area contributed by atoms with E-state index < -0.39 is 0 Å². The molecule has 0 atom stereocenters. The van der Waals surface area contributed by atoms with Gasteiger partial charge in [0.2, 0.25) is 0 Å². The standard InChI is InChI=1S/C17H14BrNO3/c18-11-12-4-3-5-13(10-12)22-9-8-19-16(20)14-6-1-2-7-15(14)17(19)21/h1-7,10H,8-9,11H2. The summed E-state index contributed by atoms with van der Waals surface area (Å²) in [5.74, 6) is 0.227. The monoisotopic (exact) mass is 359 g/mol. The second-order valence-electron chi connectivity index (χ2n) is 4.94. The molecule has 3 rings (SSSR count). The van der Waals surface area contributed by atoms with Crippen LogP contribution in [0.5, 0.6) is 5.75 Å². The molecule has 2 aromatic carbocycles. The highest BCUT2D eigenvalue weighted by Gasteiger charge is 2.34. The zero-order valence-electron chi connectivity index (χ0n) is 11.8. The average Bonchev–Trinajstić information content (AvgIpc) is 2.80. The lowest BCUT2D eigenvalue weighted by Gasteiger charge is -2.14. The van der Waals surface area contributed by atoms with Crippen LogP contribution in [0.15, 0.2) is 48.5 Å². The molecule has 2 aromatic rings. The molecule has 22 heavy (non-hydrogen) atoms. The van der Waals surface area contributed by atoms with Gasteiger partial charge in [0, 0.05) is 5.33 Å². The van der Waals surface area contributed by atoms with Crippen LogP contribution in [0.25, 0.3) is 0 Å². The lowest BCUT2D eigenvalue weighted by Crippen LogP contribution is -2.33. The number of alkyl halides is 1. The molecule has 0 saturated heterocycles. The average molecular weight is 360 g/mol. The van der Waals surface area contributed by atoms with Crippen LogP contribution in [0.3, 0.4) is 0 Å². The van der Waals surface area contributed by atoms with Gasteiger partial charge in [-0.05, 0) is 29.8 Å². The zero-order chi connectivity index (χ0) is 15.5. The third-order valence-corrected chi connectivity index (χ3v) is 4.16. The normalized spacial score (nSPS) is 13.4. The third kappa shape index (κ3) is 2.76. The van der Waals surface area contributed by atoms with Gasteiger partial charge < -0.3 is 4.74 Å². The minimum absolute atomic E-state index is 0.241. The van der Waals surface area contributed by atoms with Crippen LogP contribution in [0.4, 0.5) is 0 Å². The number of imide groups is 1. The van der Waals surface area contributed by atoms with E-state index in [0.29, 0.717) is 11.1 Å². The Hall–Kier alpha value is -2.14. The molecule has 1 heterocycles. The number of benzene rings is 2. The van der Waals surface area contributed by atoms with Gasteiger partial charge in [-0.1, -0.05) is 40.2 Å². The molecule has 0 N–H and O–H groups in total. The van der Waals surface area contributed by atoms with Crippen molar-refractivity contribution in [2.24, 2.45) is 0 Å². The van der Waals surface area contributed by atoms with Gasteiger partial charge in [0.15, 0.2) is 0 Å². The first-order valence-corrected chi connectivity index (χ1v) is 8.06. The Morgan fingerprint density at radius 3 is 2.27 bits per heavy atom. The summed E-state index contributed by atoms with van der Waals surface area (Å²) >= 11 is 3.39. The topological polar surface area (TPSA) is 46.6 Å². The van der Waals surface area contributed by atoms with Gasteiger partial charge in [0.25, 0.3) is 11.8 Å². The van der Waals surface area contributed by atoms with Crippen LogP contribution in [0.2, 0.25) is 0 Å². The van der Waals surface area contributed by atoms with E-state index in [9.17, 15) is 9.59 Å². The molecule has 1 aliphatic rings. The summed E-state index contributed by atoms with van der Waals surface area (Å²) in [5.41, 5.74) is 2.04. The molecule has 0 aliphatic carbocycles. The van der Waals surface area contributed by atoms with Crippen molar-refractivity contribution in [3.63, 3.8) is 0 Å². The second kappa shape index (κ2) is 6.32. The second-order valence-corrected chi connectivity index (χ2v) is 5.50. The van der Waals surface area contributed by atoms with E-state index >= 15 is 0 Å². The van der Waals surface area contributed by atoms with Crippen molar-refractivity contribution in [3.8, 4) is 5.75 Å². The molecular weight excluding hydrogens is 346 g/mol. The van der Waals surface area contributed by atoms with Gasteiger partial charge in [0.1, 0.15) is 12.4 Å². The summed E-state index contributed by atoms with van der Waals surface area (Å²) in [6, 6.07) is 14.6. The molecule has 112 valence electrons. The highest BCUT2D eigenvalue weighted by molar-refractivity contribution is 9.08. The predicted octanol–water partition coefficient (Wildman–Crippen LogP) is 3.26. The van der Waals surface area contributed by atoms with E-state index in [2.05, 4.69) is 15.9 Å². The Labute approximate surface area is 136 Å². The first kappa shape index (κ1) is 14.8. The SMILES string of the molecule is O=C1c2ccccc2C(=O)N1CCOc1cccc(CBr)c1. The Balaban J connectivity index is 1.63. The molecule has 0 aromatic heterocycles. The van der Waals surface area contributed by atoms with Gasteiger partial charge in [-0.2, -0.15) is 0 Å². The highest BCUT2D eigenvalue weighted by atomic mass is 79.9. The van der Waals surface area contributed by atoms with Crippen LogP contribution >= 0.6 is 15.9 Å². The largest absolute Gasteiger partial charge is 0.492 e. The van der Waals surface area contributed by atoms with Gasteiger partial charge in [-0.25, -0.2) is 0 Å². The van der Waals surface area contributed by atoms with Crippen LogP contribution in [0.1, 0.15) is 26.3 Å². The van der Waals surface area contributed by atoms with Gasteiger partial charge in [-0.3, -0.25) is 14.5 Å². The fraction of sp³-hybridized carbons (Fsp3) is 0.176. The molecule has 0 radical (unpaired) electrons. The Kier molecular flexibility index (Phi) is 4.24. The van der Waals surface area contributed by atoms with Crippen molar-refractivity contribution < 1.29 is 14.3 Å². The van der Waals surface area contributed by atoms with E-state index in [1.165, 1.54) is 4.90 Å². The molecule has 2 amide bonds. The summed E-state index contributed by atoms with van der Waals surface area (Å²) in [6.45, 7) is 0.516. The maximum absolute atomic E-state index is 12.2. The van der Waals surface area contributed by atoms with Gasteiger partial charge >= 0.3 is 0 Å². The maximum atomic E-state index is 12.2. The van der Waals surface area contributed by atoms with E-state index in [-0.39, 0.29) is 25.0 Å². The number of halogens is 1. The van der Waals surface area contributed by atoms with Gasteiger partial charge in [0.05, 0.1) is 17.7 Å². The predicted molar refractivity (Wildman–Crippen MR) is 86.4 cm³/mol. The number of ether oxygens (including phenoxy) is 1. The summed E-state index contributed by atoms with van der Waals surface area (Å²) < 4.78 is 5.64. The number of rotatable bonds is 5. The Morgan fingerprint density at radius 2 is 1.64 bits per heavy atom. The quantitative estimate of drug-likeness (QED) is 0.608. The van der Waals surface area contributed by atoms with Crippen molar-refractivity contribution in [1.82, 2.24) is 4.90 Å². The van der Waals surface area contributed by atoms with Crippen LogP contribution in [-0.2, 0) is 5.33 Å². The molecule has 0 spiro atoms. The number of nitrogens with zero attached hydrogens (tertiary/aromatic N) is 1. The van der Waals surface area contributed by atoms with E-state index in [1.807, 2.05) is 24.3 Å². The van der Waals surface area contributed by atoms with Crippen molar-refractivity contribution >= 4 is 27.7 Å². The molecule has 0 fully saturated rings. The number of carbonyl (C=O) groups excluding carboxylic acids is 2. The molecule has 4 nitrogen and oxygen atoms in total. The number of fused-ring (bicyclic) bond motifs is 1. The maximum Gasteiger partial charge on any atom is 0.261 e. The van der Waals surface area contributed by atoms with Crippen LogP contribution < -0.4 is 4.74 Å². The first-order chi connectivity index (χ1) is 10.7. The molecule has 5 heteroatoms. The van der Waals surface area contributed by atoms with Crippen LogP contribution in [0, 0.1) is 0 Å². The number of hydrogen-bond acceptors (Lipinski definition) is 3. The lowest BCUT2D eigenvalue weighted by molar-refractivity contribution is 0.0631. The summed E-state index contributed by atoms with van der Waals surface area (Å²) in [6.07, 6.45) is 0. The molecule has 1 aliphatic heterocycles. The Morgan fingerprint density at radius 1 is 0.955 bits per heavy atom. The van der Waals surface area contributed by atoms with E-state index in [0.717, 1.165) is 16.6 Å². The molecular formula is C17H14BrNO3. The van der Waals surface area contributed by atoms with Crippen molar-refractivity contribution in [2.45, 2.75) is 5.33 Å². The van der Waals surface area contributed by atoms with Crippen molar-refractivity contribution in [2.75, 3.05) is 13.2 Å². The number of amides is 2. The zero-order valence-corrected chi connectivity index (χ0v) is 13.4. The van der Waals surface area contributed by atoms with Crippen LogP contribution in [-0.4, -0.2) is 29.9 Å². The minimum Gasteiger partial charge on any atom is -0.492 e. The van der Waals surface area contributed by atoms with Crippen molar-refractivity contribution in [1.29, 1.82) is 0 Å². The summed E-state index contributed by atoms with van der Waals surface area (Å²) in [5, 5.41) is 0.753. The molecule has 0 saturated carbocycles.